The third-order valence-corrected chi connectivity index (χ3v) is 5.48. The molecule has 1 heterocycles. The Morgan fingerprint density at radius 2 is 2.28 bits per heavy atom. The van der Waals surface area contributed by atoms with Crippen LogP contribution in [0.3, 0.4) is 0 Å². The molecule has 18 heavy (non-hydrogen) atoms. The molecule has 102 valence electrons. The maximum absolute atomic E-state index is 11.9. The quantitative estimate of drug-likeness (QED) is 0.737. The van der Waals surface area contributed by atoms with Crippen molar-refractivity contribution in [3.8, 4) is 0 Å². The molecule has 1 aromatic rings. The standard InChI is InChI=1S/C10H16N2O3S3/c1-3-15-7(2)6-12-18(13,14)9-5-4-8(17-9)10(11)16/h4-5,7,12H,3,6H2,1-2H3,(H2,11,16). The van der Waals surface area contributed by atoms with Crippen LogP contribution in [0.5, 0.6) is 0 Å². The number of nitrogens with two attached hydrogens (primary N) is 1. The molecule has 1 aromatic heterocycles. The maximum Gasteiger partial charge on any atom is 0.250 e. The lowest BCUT2D eigenvalue weighted by Gasteiger charge is -2.12. The summed E-state index contributed by atoms with van der Waals surface area (Å²) in [5, 5.41) is 0. The van der Waals surface area contributed by atoms with Crippen LogP contribution >= 0.6 is 23.6 Å². The second-order valence-corrected chi connectivity index (χ2v) is 7.12. The molecule has 0 aliphatic heterocycles. The number of thiophene rings is 1. The molecule has 0 amide bonds. The molecule has 0 aliphatic carbocycles. The van der Waals surface area contributed by atoms with Crippen LogP contribution in [0.2, 0.25) is 0 Å². The summed E-state index contributed by atoms with van der Waals surface area (Å²) in [6.45, 7) is 4.45. The minimum absolute atomic E-state index is 0.167. The first-order valence-electron chi connectivity index (χ1n) is 5.37. The van der Waals surface area contributed by atoms with Crippen molar-refractivity contribution in [2.24, 2.45) is 5.73 Å². The summed E-state index contributed by atoms with van der Waals surface area (Å²) in [6, 6.07) is 3.10. The number of thiocarbonyl (C=S) groups is 1. The van der Waals surface area contributed by atoms with Crippen LogP contribution in [0.4, 0.5) is 0 Å². The van der Waals surface area contributed by atoms with Gasteiger partial charge in [0.1, 0.15) is 9.20 Å². The summed E-state index contributed by atoms with van der Waals surface area (Å²) >= 11 is 5.85. The summed E-state index contributed by atoms with van der Waals surface area (Å²) in [5.41, 5.74) is 5.44. The Balaban J connectivity index is 2.71. The fourth-order valence-corrected chi connectivity index (χ4v) is 3.75. The molecule has 0 radical (unpaired) electrons. The predicted octanol–water partition coefficient (Wildman–Crippen LogP) is 1.09. The highest BCUT2D eigenvalue weighted by atomic mass is 32.2. The highest BCUT2D eigenvalue weighted by Gasteiger charge is 2.18. The molecule has 5 nitrogen and oxygen atoms in total. The third kappa shape index (κ3) is 4.29. The Kier molecular flexibility index (Phi) is 5.67. The van der Waals surface area contributed by atoms with Gasteiger partial charge in [0.2, 0.25) is 10.0 Å². The molecule has 1 atom stereocenters. The second kappa shape index (κ2) is 6.58. The van der Waals surface area contributed by atoms with Crippen molar-refractivity contribution in [1.82, 2.24) is 4.72 Å². The fraction of sp³-hybridized carbons (Fsp3) is 0.500. The van der Waals surface area contributed by atoms with E-state index in [1.54, 1.807) is 13.0 Å². The van der Waals surface area contributed by atoms with Gasteiger partial charge in [0.05, 0.1) is 11.0 Å². The zero-order valence-electron chi connectivity index (χ0n) is 10.2. The van der Waals surface area contributed by atoms with E-state index in [9.17, 15) is 8.42 Å². The molecule has 0 aliphatic rings. The first-order chi connectivity index (χ1) is 8.36. The van der Waals surface area contributed by atoms with Gasteiger partial charge in [-0.15, -0.1) is 11.3 Å². The molecule has 1 rings (SSSR count). The van der Waals surface area contributed by atoms with E-state index < -0.39 is 10.0 Å². The molecule has 0 aromatic carbocycles. The molecule has 0 bridgehead atoms. The molecule has 0 saturated heterocycles. The summed E-state index contributed by atoms with van der Waals surface area (Å²) in [5.74, 6) is 0. The average molecular weight is 308 g/mol. The molecule has 3 N–H and O–H groups in total. The van der Waals surface area contributed by atoms with Crippen LogP contribution in [0.15, 0.2) is 16.3 Å². The van der Waals surface area contributed by atoms with Crippen molar-refractivity contribution in [3.63, 3.8) is 0 Å². The van der Waals surface area contributed by atoms with Gasteiger partial charge in [-0.2, -0.15) is 0 Å². The van der Waals surface area contributed by atoms with Crippen LogP contribution in [0, 0.1) is 0 Å². The molecule has 0 fully saturated rings. The van der Waals surface area contributed by atoms with Crippen LogP contribution in [0.25, 0.3) is 0 Å². The van der Waals surface area contributed by atoms with Crippen molar-refractivity contribution in [2.75, 3.05) is 13.2 Å². The summed E-state index contributed by atoms with van der Waals surface area (Å²) in [6.07, 6.45) is -0.167. The number of hydrogen-bond donors (Lipinski definition) is 2. The zero-order valence-corrected chi connectivity index (χ0v) is 12.6. The minimum atomic E-state index is -3.51. The van der Waals surface area contributed by atoms with Crippen molar-refractivity contribution >= 4 is 38.6 Å². The lowest BCUT2D eigenvalue weighted by molar-refractivity contribution is 0.0800. The van der Waals surface area contributed by atoms with E-state index in [4.69, 9.17) is 22.7 Å². The summed E-state index contributed by atoms with van der Waals surface area (Å²) in [4.78, 5) is 0.785. The smallest absolute Gasteiger partial charge is 0.250 e. The monoisotopic (exact) mass is 308 g/mol. The topological polar surface area (TPSA) is 81.4 Å². The van der Waals surface area contributed by atoms with E-state index in [1.807, 2.05) is 6.92 Å². The van der Waals surface area contributed by atoms with Gasteiger partial charge in [0, 0.05) is 13.2 Å². The van der Waals surface area contributed by atoms with Gasteiger partial charge in [-0.1, -0.05) is 12.2 Å². The minimum Gasteiger partial charge on any atom is -0.389 e. The van der Waals surface area contributed by atoms with Crippen LogP contribution < -0.4 is 10.5 Å². The van der Waals surface area contributed by atoms with E-state index in [2.05, 4.69) is 4.72 Å². The third-order valence-electron chi connectivity index (χ3n) is 2.10. The Morgan fingerprint density at radius 3 is 2.78 bits per heavy atom. The Labute approximate surface area is 116 Å². The Bertz CT molecular complexity index is 510. The van der Waals surface area contributed by atoms with Gasteiger partial charge in [0.15, 0.2) is 0 Å². The Morgan fingerprint density at radius 1 is 1.61 bits per heavy atom. The highest BCUT2D eigenvalue weighted by Crippen LogP contribution is 2.21. The van der Waals surface area contributed by atoms with Crippen molar-refractivity contribution in [1.29, 1.82) is 0 Å². The van der Waals surface area contributed by atoms with E-state index in [-0.39, 0.29) is 21.8 Å². The zero-order chi connectivity index (χ0) is 13.8. The first kappa shape index (κ1) is 15.5. The van der Waals surface area contributed by atoms with Crippen molar-refractivity contribution in [2.45, 2.75) is 24.2 Å². The molecular formula is C10H16N2O3S3. The van der Waals surface area contributed by atoms with E-state index >= 15 is 0 Å². The van der Waals surface area contributed by atoms with Crippen molar-refractivity contribution in [3.05, 3.63) is 17.0 Å². The predicted molar refractivity (Wildman–Crippen MR) is 76.5 cm³/mol. The van der Waals surface area contributed by atoms with Gasteiger partial charge >= 0.3 is 0 Å². The van der Waals surface area contributed by atoms with Crippen LogP contribution in [0.1, 0.15) is 18.7 Å². The van der Waals surface area contributed by atoms with Gasteiger partial charge < -0.3 is 10.5 Å². The highest BCUT2D eigenvalue weighted by molar-refractivity contribution is 7.91. The van der Waals surface area contributed by atoms with Crippen molar-refractivity contribution < 1.29 is 13.2 Å². The van der Waals surface area contributed by atoms with Gasteiger partial charge in [0.25, 0.3) is 0 Å². The number of sulfonamides is 1. The van der Waals surface area contributed by atoms with Crippen LogP contribution in [-0.2, 0) is 14.8 Å². The first-order valence-corrected chi connectivity index (χ1v) is 8.08. The number of nitrogens with one attached hydrogen (secondary N) is 1. The molecule has 8 heteroatoms. The fourth-order valence-electron chi connectivity index (χ4n) is 1.24. The maximum atomic E-state index is 11.9. The number of hydrogen-bond acceptors (Lipinski definition) is 5. The summed E-state index contributed by atoms with van der Waals surface area (Å²) in [7, 11) is -3.51. The SMILES string of the molecule is CCOC(C)CNS(=O)(=O)c1ccc(C(N)=S)s1. The number of rotatable bonds is 7. The molecule has 0 spiro atoms. The van der Waals surface area contributed by atoms with Crippen LogP contribution in [-0.4, -0.2) is 32.7 Å². The van der Waals surface area contributed by atoms with E-state index in [0.717, 1.165) is 11.3 Å². The Hall–Kier alpha value is -0.540. The second-order valence-electron chi connectivity index (χ2n) is 3.60. The number of ether oxygens (including phenoxy) is 1. The molecule has 1 unspecified atom stereocenters. The van der Waals surface area contributed by atoms with Gasteiger partial charge in [-0.3, -0.25) is 0 Å². The molecular weight excluding hydrogens is 292 g/mol. The lowest BCUT2D eigenvalue weighted by Crippen LogP contribution is -2.31. The molecule has 0 saturated carbocycles. The van der Waals surface area contributed by atoms with E-state index in [1.165, 1.54) is 6.07 Å². The summed E-state index contributed by atoms with van der Waals surface area (Å²) < 4.78 is 31.8. The van der Waals surface area contributed by atoms with E-state index in [0.29, 0.717) is 11.5 Å². The largest absolute Gasteiger partial charge is 0.389 e. The van der Waals surface area contributed by atoms with Gasteiger partial charge in [-0.05, 0) is 26.0 Å². The average Bonchev–Trinajstić information content (AvgIpc) is 2.77. The lowest BCUT2D eigenvalue weighted by atomic mass is 10.4. The normalized spacial score (nSPS) is 13.4. The van der Waals surface area contributed by atoms with Gasteiger partial charge in [-0.25, -0.2) is 13.1 Å².